The second-order valence-electron chi connectivity index (χ2n) is 2.51. The quantitative estimate of drug-likeness (QED) is 0.735. The van der Waals surface area contributed by atoms with Crippen molar-refractivity contribution < 1.29 is 4.39 Å². The Bertz CT molecular complexity index is 456. The normalized spacial score (nSPS) is 12.6. The first-order valence-electron chi connectivity index (χ1n) is 3.85. The van der Waals surface area contributed by atoms with Gasteiger partial charge in [-0.3, -0.25) is 0 Å². The molecule has 0 spiro atoms. The fraction of sp³-hybridized carbons (Fsp3) is 0.111. The average Bonchev–Trinajstić information content (AvgIpc) is 2.59. The van der Waals surface area contributed by atoms with E-state index in [9.17, 15) is 4.39 Å². The number of rotatable bonds is 2. The topological polar surface area (TPSA) is 36.7 Å². The SMILES string of the molecule is N#C[C@@H](F)Sc1nc2ccccc2s1. The average molecular weight is 224 g/mol. The molecule has 0 fully saturated rings. The van der Waals surface area contributed by atoms with Crippen LogP contribution in [0.2, 0.25) is 0 Å². The molecule has 1 heterocycles. The van der Waals surface area contributed by atoms with Crippen LogP contribution < -0.4 is 0 Å². The summed E-state index contributed by atoms with van der Waals surface area (Å²) in [5.41, 5.74) is -0.680. The van der Waals surface area contributed by atoms with Gasteiger partial charge in [-0.25, -0.2) is 9.37 Å². The third kappa shape index (κ3) is 1.86. The number of benzene rings is 1. The van der Waals surface area contributed by atoms with E-state index < -0.39 is 5.50 Å². The van der Waals surface area contributed by atoms with Crippen LogP contribution in [0.25, 0.3) is 10.2 Å². The highest BCUT2D eigenvalue weighted by molar-refractivity contribution is 8.01. The Morgan fingerprint density at radius 2 is 2.29 bits per heavy atom. The number of fused-ring (bicyclic) bond motifs is 1. The smallest absolute Gasteiger partial charge is 0.230 e. The van der Waals surface area contributed by atoms with E-state index in [2.05, 4.69) is 4.98 Å². The Hall–Kier alpha value is -1.12. The maximum absolute atomic E-state index is 12.7. The van der Waals surface area contributed by atoms with Gasteiger partial charge in [0, 0.05) is 0 Å². The molecule has 2 rings (SSSR count). The molecule has 0 saturated heterocycles. The van der Waals surface area contributed by atoms with Crippen LogP contribution in [-0.4, -0.2) is 10.5 Å². The molecule has 2 nitrogen and oxygen atoms in total. The van der Waals surface area contributed by atoms with E-state index >= 15 is 0 Å². The van der Waals surface area contributed by atoms with E-state index in [4.69, 9.17) is 5.26 Å². The Morgan fingerprint density at radius 3 is 3.00 bits per heavy atom. The summed E-state index contributed by atoms with van der Waals surface area (Å²) in [6.07, 6.45) is 0. The number of thiazole rings is 1. The lowest BCUT2D eigenvalue weighted by molar-refractivity contribution is 0.528. The molecule has 0 radical (unpaired) electrons. The highest BCUT2D eigenvalue weighted by Gasteiger charge is 2.10. The zero-order valence-corrected chi connectivity index (χ0v) is 8.61. The lowest BCUT2D eigenvalue weighted by atomic mass is 10.3. The minimum absolute atomic E-state index is 0.597. The summed E-state index contributed by atoms with van der Waals surface area (Å²) in [5, 5.41) is 8.30. The first-order chi connectivity index (χ1) is 6.79. The van der Waals surface area contributed by atoms with Gasteiger partial charge in [0.15, 0.2) is 4.34 Å². The van der Waals surface area contributed by atoms with Crippen LogP contribution in [-0.2, 0) is 0 Å². The number of alkyl halides is 1. The van der Waals surface area contributed by atoms with Crippen molar-refractivity contribution in [1.29, 1.82) is 5.26 Å². The van der Waals surface area contributed by atoms with E-state index in [1.807, 2.05) is 24.3 Å². The zero-order chi connectivity index (χ0) is 9.97. The van der Waals surface area contributed by atoms with Crippen molar-refractivity contribution in [3.63, 3.8) is 0 Å². The fourth-order valence-electron chi connectivity index (χ4n) is 1.02. The van der Waals surface area contributed by atoms with Crippen LogP contribution in [0.15, 0.2) is 28.6 Å². The molecule has 0 aliphatic heterocycles. The molecule has 0 unspecified atom stereocenters. The molecule has 0 N–H and O–H groups in total. The number of halogens is 1. The van der Waals surface area contributed by atoms with Crippen LogP contribution in [0.4, 0.5) is 4.39 Å². The highest BCUT2D eigenvalue weighted by atomic mass is 32.2. The monoisotopic (exact) mass is 224 g/mol. The van der Waals surface area contributed by atoms with Crippen molar-refractivity contribution >= 4 is 33.3 Å². The second kappa shape index (κ2) is 3.95. The lowest BCUT2D eigenvalue weighted by Gasteiger charge is -1.91. The van der Waals surface area contributed by atoms with Gasteiger partial charge < -0.3 is 0 Å². The number of nitrogens with zero attached hydrogens (tertiary/aromatic N) is 2. The molecular formula is C9H5FN2S2. The van der Waals surface area contributed by atoms with Crippen LogP contribution in [0.3, 0.4) is 0 Å². The van der Waals surface area contributed by atoms with E-state index in [0.29, 0.717) is 4.34 Å². The van der Waals surface area contributed by atoms with E-state index in [-0.39, 0.29) is 0 Å². The highest BCUT2D eigenvalue weighted by Crippen LogP contribution is 2.31. The first-order valence-corrected chi connectivity index (χ1v) is 5.55. The summed E-state index contributed by atoms with van der Waals surface area (Å²) in [6.45, 7) is 0. The molecule has 2 aromatic rings. The van der Waals surface area contributed by atoms with Crippen molar-refractivity contribution in [3.8, 4) is 6.07 Å². The number of nitriles is 1. The predicted molar refractivity (Wildman–Crippen MR) is 56.0 cm³/mol. The molecule has 0 aliphatic carbocycles. The summed E-state index contributed by atoms with van der Waals surface area (Å²) in [7, 11) is 0. The number of aromatic nitrogens is 1. The largest absolute Gasteiger partial charge is 0.238 e. The Balaban J connectivity index is 2.32. The lowest BCUT2D eigenvalue weighted by Crippen LogP contribution is -1.85. The Kier molecular flexibility index (Phi) is 2.66. The fourth-order valence-corrected chi connectivity index (χ4v) is 2.81. The third-order valence-electron chi connectivity index (χ3n) is 1.58. The van der Waals surface area contributed by atoms with Crippen LogP contribution in [0, 0.1) is 11.3 Å². The predicted octanol–water partition coefficient (Wildman–Crippen LogP) is 3.21. The van der Waals surface area contributed by atoms with Crippen LogP contribution in [0.5, 0.6) is 0 Å². The van der Waals surface area contributed by atoms with Gasteiger partial charge in [0.25, 0.3) is 0 Å². The number of hydrogen-bond acceptors (Lipinski definition) is 4. The van der Waals surface area contributed by atoms with Gasteiger partial charge in [-0.1, -0.05) is 12.1 Å². The number of para-hydroxylation sites is 1. The number of hydrogen-bond donors (Lipinski definition) is 0. The molecule has 70 valence electrons. The van der Waals surface area contributed by atoms with E-state index in [0.717, 1.165) is 22.0 Å². The summed E-state index contributed by atoms with van der Waals surface area (Å²) < 4.78 is 14.3. The van der Waals surface area contributed by atoms with Gasteiger partial charge in [-0.2, -0.15) is 5.26 Å². The second-order valence-corrected chi connectivity index (χ2v) is 4.84. The van der Waals surface area contributed by atoms with Crippen molar-refractivity contribution in [2.45, 2.75) is 9.84 Å². The van der Waals surface area contributed by atoms with Gasteiger partial charge in [-0.15, -0.1) is 11.3 Å². The minimum Gasteiger partial charge on any atom is -0.230 e. The molecule has 0 amide bonds. The molecule has 1 aromatic heterocycles. The first kappa shape index (κ1) is 9.44. The standard InChI is InChI=1S/C9H5FN2S2/c10-8(5-11)14-9-12-6-3-1-2-4-7(6)13-9/h1-4,8H/t8-/m0/s1. The maximum atomic E-state index is 12.7. The maximum Gasteiger partial charge on any atom is 0.238 e. The molecule has 0 saturated carbocycles. The Labute approximate surface area is 88.4 Å². The molecule has 5 heteroatoms. The van der Waals surface area contributed by atoms with Gasteiger partial charge in [0.05, 0.1) is 10.2 Å². The summed E-state index contributed by atoms with van der Waals surface area (Å²) in [4.78, 5) is 4.19. The van der Waals surface area contributed by atoms with Gasteiger partial charge in [0.2, 0.25) is 5.50 Å². The van der Waals surface area contributed by atoms with Crippen molar-refractivity contribution in [2.75, 3.05) is 0 Å². The summed E-state index contributed by atoms with van der Waals surface area (Å²) in [6, 6.07) is 9.11. The van der Waals surface area contributed by atoms with Crippen molar-refractivity contribution in [1.82, 2.24) is 4.98 Å². The molecule has 0 bridgehead atoms. The van der Waals surface area contributed by atoms with E-state index in [1.54, 1.807) is 0 Å². The molecule has 1 atom stereocenters. The van der Waals surface area contributed by atoms with Gasteiger partial charge >= 0.3 is 0 Å². The van der Waals surface area contributed by atoms with Crippen LogP contribution >= 0.6 is 23.1 Å². The molecule has 0 aliphatic rings. The van der Waals surface area contributed by atoms with Gasteiger partial charge in [-0.05, 0) is 23.9 Å². The molecule has 14 heavy (non-hydrogen) atoms. The van der Waals surface area contributed by atoms with E-state index in [1.165, 1.54) is 17.4 Å². The van der Waals surface area contributed by atoms with Crippen molar-refractivity contribution in [2.24, 2.45) is 0 Å². The van der Waals surface area contributed by atoms with Gasteiger partial charge in [0.1, 0.15) is 6.07 Å². The van der Waals surface area contributed by atoms with Crippen LogP contribution in [0.1, 0.15) is 0 Å². The third-order valence-corrected chi connectivity index (χ3v) is 3.56. The summed E-state index contributed by atoms with van der Waals surface area (Å²) in [5.74, 6) is 0. The minimum atomic E-state index is -1.53. The zero-order valence-electron chi connectivity index (χ0n) is 6.98. The Morgan fingerprint density at radius 1 is 1.50 bits per heavy atom. The molecule has 1 aromatic carbocycles. The van der Waals surface area contributed by atoms with Crippen molar-refractivity contribution in [3.05, 3.63) is 24.3 Å². The number of thioether (sulfide) groups is 1. The summed E-state index contributed by atoms with van der Waals surface area (Å²) >= 11 is 2.25. The molecular weight excluding hydrogens is 219 g/mol.